The van der Waals surface area contributed by atoms with Crippen molar-refractivity contribution in [2.24, 2.45) is 0 Å². The molecule has 0 saturated heterocycles. The zero-order valence-corrected chi connectivity index (χ0v) is 16.2. The first-order valence-corrected chi connectivity index (χ1v) is 9.83. The van der Waals surface area contributed by atoms with E-state index in [2.05, 4.69) is 5.10 Å². The van der Waals surface area contributed by atoms with Crippen molar-refractivity contribution in [1.29, 1.82) is 0 Å². The van der Waals surface area contributed by atoms with Crippen LogP contribution in [0.4, 0.5) is 0 Å². The maximum Gasteiger partial charge on any atom is 0.274 e. The minimum Gasteiger partial charge on any atom is -0.508 e. The third-order valence-electron chi connectivity index (χ3n) is 5.22. The number of para-hydroxylation sites is 1. The molecule has 146 valence electrons. The van der Waals surface area contributed by atoms with Crippen LogP contribution in [0.5, 0.6) is 5.75 Å². The number of aromatic hydroxyl groups is 1. The van der Waals surface area contributed by atoms with Gasteiger partial charge in [0, 0.05) is 28.5 Å². The first kappa shape index (κ1) is 18.1. The lowest BCUT2D eigenvalue weighted by atomic mass is 10.0. The summed E-state index contributed by atoms with van der Waals surface area (Å²) in [5.74, 6) is 0.163. The van der Waals surface area contributed by atoms with Crippen LogP contribution in [0.3, 0.4) is 0 Å². The van der Waals surface area contributed by atoms with Gasteiger partial charge < -0.3 is 5.11 Å². The summed E-state index contributed by atoms with van der Waals surface area (Å²) < 4.78 is 1.50. The van der Waals surface area contributed by atoms with E-state index in [4.69, 9.17) is 4.98 Å². The Balaban J connectivity index is 1.56. The van der Waals surface area contributed by atoms with Crippen LogP contribution in [0.15, 0.2) is 89.7 Å². The van der Waals surface area contributed by atoms with Gasteiger partial charge in [0.25, 0.3) is 5.56 Å². The summed E-state index contributed by atoms with van der Waals surface area (Å²) in [7, 11) is 0. The molecule has 0 saturated carbocycles. The lowest BCUT2D eigenvalue weighted by Gasteiger charge is -2.11. The van der Waals surface area contributed by atoms with Gasteiger partial charge in [-0.1, -0.05) is 54.6 Å². The molecule has 5 nitrogen and oxygen atoms in total. The van der Waals surface area contributed by atoms with Gasteiger partial charge in [0.1, 0.15) is 5.75 Å². The molecule has 0 aliphatic rings. The molecule has 0 unspecified atom stereocenters. The predicted molar refractivity (Wildman–Crippen MR) is 119 cm³/mol. The van der Waals surface area contributed by atoms with E-state index in [9.17, 15) is 9.90 Å². The highest BCUT2D eigenvalue weighted by atomic mass is 16.3. The topological polar surface area (TPSA) is 68.0 Å². The van der Waals surface area contributed by atoms with Crippen LogP contribution in [-0.2, 0) is 13.0 Å². The monoisotopic (exact) mass is 393 g/mol. The summed E-state index contributed by atoms with van der Waals surface area (Å²) in [6.07, 6.45) is 0.593. The van der Waals surface area contributed by atoms with Crippen LogP contribution < -0.4 is 5.56 Å². The summed E-state index contributed by atoms with van der Waals surface area (Å²) in [6.45, 7) is 0.417. The Morgan fingerprint density at radius 2 is 1.63 bits per heavy atom. The first-order chi connectivity index (χ1) is 14.7. The smallest absolute Gasteiger partial charge is 0.274 e. The number of phenolic OH excluding ortho intramolecular Hbond substituents is 1. The van der Waals surface area contributed by atoms with E-state index in [1.54, 1.807) is 18.2 Å². The second-order valence-electron chi connectivity index (χ2n) is 7.22. The fourth-order valence-corrected chi connectivity index (χ4v) is 3.72. The number of pyridine rings is 1. The van der Waals surface area contributed by atoms with Gasteiger partial charge in [0.2, 0.25) is 0 Å². The third-order valence-corrected chi connectivity index (χ3v) is 5.22. The van der Waals surface area contributed by atoms with Gasteiger partial charge in [0.15, 0.2) is 0 Å². The number of phenols is 1. The summed E-state index contributed by atoms with van der Waals surface area (Å²) in [5, 5.41) is 17.0. The van der Waals surface area contributed by atoms with Crippen LogP contribution in [-0.4, -0.2) is 19.9 Å². The Kier molecular flexibility index (Phi) is 4.48. The molecular weight excluding hydrogens is 374 g/mol. The van der Waals surface area contributed by atoms with E-state index in [0.717, 1.165) is 27.5 Å². The number of hydrogen-bond acceptors (Lipinski definition) is 4. The Morgan fingerprint density at radius 1 is 0.833 bits per heavy atom. The average Bonchev–Trinajstić information content (AvgIpc) is 2.78. The maximum atomic E-state index is 13.0. The molecule has 0 fully saturated rings. The summed E-state index contributed by atoms with van der Waals surface area (Å²) in [6, 6.07) is 26.4. The lowest BCUT2D eigenvalue weighted by Crippen LogP contribution is -2.25. The highest BCUT2D eigenvalue weighted by Gasteiger charge is 2.13. The molecule has 5 heteroatoms. The van der Waals surface area contributed by atoms with Crippen molar-refractivity contribution in [3.63, 3.8) is 0 Å². The van der Waals surface area contributed by atoms with E-state index in [1.807, 2.05) is 66.7 Å². The first-order valence-electron chi connectivity index (χ1n) is 9.83. The normalized spacial score (nSPS) is 11.2. The van der Waals surface area contributed by atoms with Crippen molar-refractivity contribution in [3.8, 4) is 17.0 Å². The second kappa shape index (κ2) is 7.44. The highest BCUT2D eigenvalue weighted by Crippen LogP contribution is 2.27. The summed E-state index contributed by atoms with van der Waals surface area (Å²) >= 11 is 0. The number of benzene rings is 3. The van der Waals surface area contributed by atoms with Gasteiger partial charge in [-0.2, -0.15) is 5.10 Å². The molecule has 3 aromatic carbocycles. The number of aryl methyl sites for hydroxylation is 2. The standard InChI is InChI=1S/C25H19N3O2/c29-20-8-5-7-18(16-20)24-21-9-2-3-10-22(21)25(30)28(27-24)15-14-19-13-12-17-6-1-4-11-23(17)26-19/h1-13,16,29H,14-15H2. The van der Waals surface area contributed by atoms with E-state index in [-0.39, 0.29) is 11.3 Å². The molecule has 0 atom stereocenters. The summed E-state index contributed by atoms with van der Waals surface area (Å²) in [4.78, 5) is 17.7. The molecule has 0 aliphatic heterocycles. The van der Waals surface area contributed by atoms with Crippen molar-refractivity contribution < 1.29 is 5.11 Å². The van der Waals surface area contributed by atoms with Crippen molar-refractivity contribution in [1.82, 2.24) is 14.8 Å². The van der Waals surface area contributed by atoms with Gasteiger partial charge in [-0.3, -0.25) is 9.78 Å². The molecule has 1 N–H and O–H groups in total. The molecule has 0 aliphatic carbocycles. The zero-order valence-electron chi connectivity index (χ0n) is 16.2. The molecule has 0 spiro atoms. The fourth-order valence-electron chi connectivity index (χ4n) is 3.72. The van der Waals surface area contributed by atoms with Crippen LogP contribution in [0.25, 0.3) is 32.9 Å². The minimum atomic E-state index is -0.129. The Morgan fingerprint density at radius 3 is 2.50 bits per heavy atom. The molecule has 0 radical (unpaired) electrons. The maximum absolute atomic E-state index is 13.0. The molecule has 5 rings (SSSR count). The minimum absolute atomic E-state index is 0.129. The van der Waals surface area contributed by atoms with E-state index < -0.39 is 0 Å². The third kappa shape index (κ3) is 3.31. The number of aromatic nitrogens is 3. The second-order valence-corrected chi connectivity index (χ2v) is 7.22. The SMILES string of the molecule is O=c1c2ccccc2c(-c2cccc(O)c2)nn1CCc1ccc2ccccc2n1. The van der Waals surface area contributed by atoms with Crippen molar-refractivity contribution in [3.05, 3.63) is 101 Å². The van der Waals surface area contributed by atoms with Crippen molar-refractivity contribution >= 4 is 21.7 Å². The van der Waals surface area contributed by atoms with E-state index in [0.29, 0.717) is 24.0 Å². The van der Waals surface area contributed by atoms with Gasteiger partial charge >= 0.3 is 0 Å². The van der Waals surface area contributed by atoms with Gasteiger partial charge in [-0.25, -0.2) is 4.68 Å². The quantitative estimate of drug-likeness (QED) is 0.486. The molecular formula is C25H19N3O2. The largest absolute Gasteiger partial charge is 0.508 e. The number of nitrogens with zero attached hydrogens (tertiary/aromatic N) is 3. The van der Waals surface area contributed by atoms with Gasteiger partial charge in [-0.15, -0.1) is 0 Å². The van der Waals surface area contributed by atoms with Gasteiger partial charge in [-0.05, 0) is 30.3 Å². The number of rotatable bonds is 4. The number of fused-ring (bicyclic) bond motifs is 2. The molecule has 2 heterocycles. The lowest BCUT2D eigenvalue weighted by molar-refractivity contribution is 0.475. The van der Waals surface area contributed by atoms with Crippen molar-refractivity contribution in [2.45, 2.75) is 13.0 Å². The fraction of sp³-hybridized carbons (Fsp3) is 0.0800. The Labute approximate surface area is 172 Å². The van der Waals surface area contributed by atoms with Crippen LogP contribution in [0, 0.1) is 0 Å². The van der Waals surface area contributed by atoms with E-state index in [1.165, 1.54) is 4.68 Å². The van der Waals surface area contributed by atoms with Crippen LogP contribution in [0.1, 0.15) is 5.69 Å². The highest BCUT2D eigenvalue weighted by molar-refractivity contribution is 5.93. The summed E-state index contributed by atoms with van der Waals surface area (Å²) in [5.41, 5.74) is 3.16. The molecule has 30 heavy (non-hydrogen) atoms. The Bertz CT molecular complexity index is 1440. The zero-order chi connectivity index (χ0) is 20.5. The average molecular weight is 393 g/mol. The predicted octanol–water partition coefficient (Wildman–Crippen LogP) is 4.56. The molecule has 0 amide bonds. The van der Waals surface area contributed by atoms with E-state index >= 15 is 0 Å². The van der Waals surface area contributed by atoms with Crippen LogP contribution in [0.2, 0.25) is 0 Å². The molecule has 2 aromatic heterocycles. The molecule has 5 aromatic rings. The Hall–Kier alpha value is -3.99. The number of hydrogen-bond donors (Lipinski definition) is 1. The van der Waals surface area contributed by atoms with Gasteiger partial charge in [0.05, 0.1) is 23.1 Å². The van der Waals surface area contributed by atoms with Crippen LogP contribution >= 0.6 is 0 Å². The van der Waals surface area contributed by atoms with Crippen molar-refractivity contribution in [2.75, 3.05) is 0 Å². The molecule has 0 bridgehead atoms.